The zero-order valence-electron chi connectivity index (χ0n) is 12.7. The largest absolute Gasteiger partial charge is 0.338 e. The number of hydrogen-bond donors (Lipinski definition) is 1. The van der Waals surface area contributed by atoms with Gasteiger partial charge in [0.2, 0.25) is 0 Å². The van der Waals surface area contributed by atoms with Crippen LogP contribution in [0.15, 0.2) is 12.4 Å². The van der Waals surface area contributed by atoms with Gasteiger partial charge < -0.3 is 9.88 Å². The number of likely N-dealkylation sites (N-methyl/N-ethyl adjacent to an activating group) is 1. The van der Waals surface area contributed by atoms with E-state index >= 15 is 0 Å². The maximum Gasteiger partial charge on any atom is 0.109 e. The minimum Gasteiger partial charge on any atom is -0.338 e. The number of aryl methyl sites for hydroxylation is 1. The van der Waals surface area contributed by atoms with Crippen molar-refractivity contribution < 1.29 is 0 Å². The third-order valence-electron chi connectivity index (χ3n) is 4.76. The number of nitrogens with zero attached hydrogens (tertiary/aromatic N) is 2. The van der Waals surface area contributed by atoms with E-state index in [9.17, 15) is 0 Å². The first kappa shape index (κ1) is 14.6. The zero-order valence-corrected chi connectivity index (χ0v) is 12.7. The molecule has 1 fully saturated rings. The van der Waals surface area contributed by atoms with Crippen LogP contribution in [-0.4, -0.2) is 22.1 Å². The molecule has 3 atom stereocenters. The lowest BCUT2D eigenvalue weighted by atomic mass is 9.76. The van der Waals surface area contributed by atoms with Gasteiger partial charge in [-0.05, 0) is 31.2 Å². The Bertz CT molecular complexity index is 372. The van der Waals surface area contributed by atoms with Gasteiger partial charge in [-0.3, -0.25) is 0 Å². The van der Waals surface area contributed by atoms with Crippen molar-refractivity contribution in [3.8, 4) is 0 Å². The molecule has 3 heteroatoms. The zero-order chi connectivity index (χ0) is 13.7. The van der Waals surface area contributed by atoms with Gasteiger partial charge >= 0.3 is 0 Å². The van der Waals surface area contributed by atoms with Crippen molar-refractivity contribution in [3.63, 3.8) is 0 Å². The molecule has 1 N–H and O–H groups in total. The van der Waals surface area contributed by atoms with E-state index in [1.165, 1.54) is 37.9 Å². The summed E-state index contributed by atoms with van der Waals surface area (Å²) >= 11 is 0. The van der Waals surface area contributed by atoms with E-state index in [1.54, 1.807) is 0 Å². The topological polar surface area (TPSA) is 29.9 Å². The fourth-order valence-electron chi connectivity index (χ4n) is 3.53. The highest BCUT2D eigenvalue weighted by molar-refractivity contribution is 4.97. The molecular weight excluding hydrogens is 234 g/mol. The van der Waals surface area contributed by atoms with Crippen LogP contribution in [0.3, 0.4) is 0 Å². The highest BCUT2D eigenvalue weighted by Gasteiger charge is 2.28. The second-order valence-electron chi connectivity index (χ2n) is 6.02. The smallest absolute Gasteiger partial charge is 0.109 e. The second-order valence-corrected chi connectivity index (χ2v) is 6.02. The van der Waals surface area contributed by atoms with Crippen LogP contribution < -0.4 is 5.32 Å². The Labute approximate surface area is 117 Å². The average Bonchev–Trinajstić information content (AvgIpc) is 2.84. The molecule has 1 aromatic heterocycles. The van der Waals surface area contributed by atoms with Crippen molar-refractivity contribution >= 4 is 0 Å². The van der Waals surface area contributed by atoms with E-state index in [4.69, 9.17) is 0 Å². The van der Waals surface area contributed by atoms with Gasteiger partial charge in [-0.2, -0.15) is 0 Å². The molecule has 108 valence electrons. The standard InChI is InChI=1S/C16H29N3/c1-4-13-7-6-8-14(11-13)15(17-5-2)12-16-18-9-10-19(16)3/h9-10,13-15,17H,4-8,11-12H2,1-3H3. The SMILES string of the molecule is CCNC(Cc1nccn1C)C1CCCC(CC)C1. The molecule has 0 aliphatic heterocycles. The Kier molecular flexibility index (Phi) is 5.44. The molecule has 1 aliphatic rings. The number of imidazole rings is 1. The van der Waals surface area contributed by atoms with Crippen LogP contribution in [0.1, 0.15) is 51.8 Å². The fraction of sp³-hybridized carbons (Fsp3) is 0.812. The molecule has 1 aromatic rings. The Morgan fingerprint density at radius 2 is 2.26 bits per heavy atom. The summed E-state index contributed by atoms with van der Waals surface area (Å²) in [7, 11) is 2.10. The van der Waals surface area contributed by atoms with Crippen molar-refractivity contribution in [2.75, 3.05) is 6.54 Å². The van der Waals surface area contributed by atoms with E-state index in [1.807, 2.05) is 12.4 Å². The summed E-state index contributed by atoms with van der Waals surface area (Å²) in [6.45, 7) is 5.61. The summed E-state index contributed by atoms with van der Waals surface area (Å²) in [5.41, 5.74) is 0. The van der Waals surface area contributed by atoms with Crippen LogP contribution in [0, 0.1) is 11.8 Å². The molecular formula is C16H29N3. The molecule has 0 aromatic carbocycles. The highest BCUT2D eigenvalue weighted by atomic mass is 15.0. The molecule has 1 saturated carbocycles. The van der Waals surface area contributed by atoms with Gasteiger partial charge in [0.1, 0.15) is 5.82 Å². The van der Waals surface area contributed by atoms with E-state index in [-0.39, 0.29) is 0 Å². The van der Waals surface area contributed by atoms with E-state index in [0.29, 0.717) is 6.04 Å². The van der Waals surface area contributed by atoms with Crippen LogP contribution in [0.2, 0.25) is 0 Å². The summed E-state index contributed by atoms with van der Waals surface area (Å²) < 4.78 is 2.16. The Morgan fingerprint density at radius 3 is 2.89 bits per heavy atom. The lowest BCUT2D eigenvalue weighted by Crippen LogP contribution is -2.40. The van der Waals surface area contributed by atoms with Crippen molar-refractivity contribution in [1.29, 1.82) is 0 Å². The molecule has 2 rings (SSSR count). The quantitative estimate of drug-likeness (QED) is 0.854. The molecule has 3 unspecified atom stereocenters. The van der Waals surface area contributed by atoms with Crippen LogP contribution >= 0.6 is 0 Å². The molecule has 0 radical (unpaired) electrons. The number of rotatable bonds is 6. The predicted octanol–water partition coefficient (Wildman–Crippen LogP) is 3.16. The number of nitrogens with one attached hydrogen (secondary N) is 1. The Morgan fingerprint density at radius 1 is 1.42 bits per heavy atom. The van der Waals surface area contributed by atoms with E-state index in [0.717, 1.165) is 24.8 Å². The molecule has 0 amide bonds. The molecule has 0 saturated heterocycles. The Hall–Kier alpha value is -0.830. The number of aromatic nitrogens is 2. The molecule has 0 spiro atoms. The van der Waals surface area contributed by atoms with Crippen molar-refractivity contribution in [1.82, 2.24) is 14.9 Å². The van der Waals surface area contributed by atoms with Crippen LogP contribution in [0.25, 0.3) is 0 Å². The first-order valence-corrected chi connectivity index (χ1v) is 7.94. The summed E-state index contributed by atoms with van der Waals surface area (Å²) in [6.07, 6.45) is 12.0. The third kappa shape index (κ3) is 3.82. The Balaban J connectivity index is 2.00. The lowest BCUT2D eigenvalue weighted by Gasteiger charge is -2.34. The van der Waals surface area contributed by atoms with Crippen LogP contribution in [0.4, 0.5) is 0 Å². The summed E-state index contributed by atoms with van der Waals surface area (Å²) in [5.74, 6) is 2.99. The van der Waals surface area contributed by atoms with E-state index in [2.05, 4.69) is 35.8 Å². The van der Waals surface area contributed by atoms with E-state index < -0.39 is 0 Å². The van der Waals surface area contributed by atoms with Gasteiger partial charge in [0.05, 0.1) is 0 Å². The highest BCUT2D eigenvalue weighted by Crippen LogP contribution is 2.33. The molecule has 1 aliphatic carbocycles. The third-order valence-corrected chi connectivity index (χ3v) is 4.76. The minimum atomic E-state index is 0.598. The normalized spacial score (nSPS) is 25.4. The summed E-state index contributed by atoms with van der Waals surface area (Å²) in [4.78, 5) is 4.49. The van der Waals surface area contributed by atoms with Gasteiger partial charge in [-0.25, -0.2) is 4.98 Å². The van der Waals surface area contributed by atoms with Gasteiger partial charge in [0, 0.05) is 31.9 Å². The summed E-state index contributed by atoms with van der Waals surface area (Å²) in [5, 5.41) is 3.71. The molecule has 1 heterocycles. The van der Waals surface area contributed by atoms with Gasteiger partial charge in [-0.15, -0.1) is 0 Å². The summed E-state index contributed by atoms with van der Waals surface area (Å²) in [6, 6.07) is 0.598. The maximum absolute atomic E-state index is 4.49. The minimum absolute atomic E-state index is 0.598. The first-order chi connectivity index (χ1) is 9.24. The second kappa shape index (κ2) is 7.09. The maximum atomic E-state index is 4.49. The van der Waals surface area contributed by atoms with Crippen molar-refractivity contribution in [3.05, 3.63) is 18.2 Å². The van der Waals surface area contributed by atoms with Crippen LogP contribution in [0.5, 0.6) is 0 Å². The van der Waals surface area contributed by atoms with Gasteiger partial charge in [0.25, 0.3) is 0 Å². The lowest BCUT2D eigenvalue weighted by molar-refractivity contribution is 0.207. The van der Waals surface area contributed by atoms with Gasteiger partial charge in [-0.1, -0.05) is 33.1 Å². The molecule has 19 heavy (non-hydrogen) atoms. The van der Waals surface area contributed by atoms with Gasteiger partial charge in [0.15, 0.2) is 0 Å². The van der Waals surface area contributed by atoms with Crippen molar-refractivity contribution in [2.24, 2.45) is 18.9 Å². The van der Waals surface area contributed by atoms with Crippen LogP contribution in [-0.2, 0) is 13.5 Å². The average molecular weight is 263 g/mol. The monoisotopic (exact) mass is 263 g/mol. The first-order valence-electron chi connectivity index (χ1n) is 7.94. The van der Waals surface area contributed by atoms with Crippen molar-refractivity contribution in [2.45, 2.75) is 58.4 Å². The predicted molar refractivity (Wildman–Crippen MR) is 80.1 cm³/mol. The number of hydrogen-bond acceptors (Lipinski definition) is 2. The fourth-order valence-corrected chi connectivity index (χ4v) is 3.53. The molecule has 0 bridgehead atoms. The molecule has 3 nitrogen and oxygen atoms in total.